The number of carbonyl (C=O) groups excluding carboxylic acids is 3. The van der Waals surface area contributed by atoms with E-state index in [1.54, 1.807) is 0 Å². The monoisotopic (exact) mass is 480 g/mol. The third kappa shape index (κ3) is 93.6. The molecule has 0 saturated heterocycles. The van der Waals surface area contributed by atoms with E-state index in [0.717, 1.165) is 20.8 Å². The van der Waals surface area contributed by atoms with Gasteiger partial charge in [0.2, 0.25) is 0 Å². The summed E-state index contributed by atoms with van der Waals surface area (Å²) in [6.07, 6.45) is 5.80. The van der Waals surface area contributed by atoms with E-state index in [-0.39, 0.29) is 33.1 Å². The minimum absolute atomic E-state index is 0. The number of halogens is 1. The molecule has 0 aromatic carbocycles. The molecule has 111 valence electrons. The van der Waals surface area contributed by atoms with Crippen molar-refractivity contribution in [3.63, 3.8) is 0 Å². The number of carbonyl (C=O) groups is 3. The second kappa shape index (κ2) is 19.9. The molecule has 0 N–H and O–H groups in total. The molecule has 0 aliphatic heterocycles. The summed E-state index contributed by atoms with van der Waals surface area (Å²) in [7, 11) is 0. The fourth-order valence-corrected chi connectivity index (χ4v) is 0.367. The summed E-state index contributed by atoms with van der Waals surface area (Å²) < 4.78 is 11.9. The molecule has 1 aliphatic carbocycles. The van der Waals surface area contributed by atoms with Gasteiger partial charge in [0, 0.05) is 51.6 Å². The zero-order valence-corrected chi connectivity index (χ0v) is 15.0. The van der Waals surface area contributed by atoms with E-state index in [1.165, 1.54) is 24.6 Å². The largest absolute Gasteiger partial charge is 0.550 e. The van der Waals surface area contributed by atoms with Gasteiger partial charge in [0.15, 0.2) is 0 Å². The molecular weight excluding hydrogens is 466 g/mol. The average molecular weight is 479 g/mol. The molecule has 0 aromatic heterocycles. The van der Waals surface area contributed by atoms with Crippen LogP contribution in [0.1, 0.15) is 20.8 Å². The minimum atomic E-state index is -1.08. The Morgan fingerprint density at radius 3 is 1.35 bits per heavy atom. The van der Waals surface area contributed by atoms with Gasteiger partial charge in [0.1, 0.15) is 5.83 Å². The van der Waals surface area contributed by atoms with Gasteiger partial charge in [-0.05, 0) is 39.0 Å². The Morgan fingerprint density at radius 2 is 1.25 bits per heavy atom. The fourth-order valence-electron chi connectivity index (χ4n) is 0.367. The molecule has 5 radical (unpaired) electrons. The van der Waals surface area contributed by atoms with E-state index in [9.17, 15) is 4.39 Å². The molecule has 1 aliphatic rings. The van der Waals surface area contributed by atoms with Crippen molar-refractivity contribution in [3.8, 4) is 0 Å². The molecule has 0 atom stereocenters. The molecule has 0 amide bonds. The van der Waals surface area contributed by atoms with Gasteiger partial charge in [-0.1, -0.05) is 0 Å². The van der Waals surface area contributed by atoms with Gasteiger partial charge in [0.05, 0.1) is 0 Å². The quantitative estimate of drug-likeness (QED) is 0.284. The summed E-state index contributed by atoms with van der Waals surface area (Å²) in [6, 6.07) is 0. The first-order chi connectivity index (χ1) is 8.59. The van der Waals surface area contributed by atoms with E-state index in [1.807, 2.05) is 0 Å². The molecule has 0 saturated carbocycles. The van der Waals surface area contributed by atoms with Crippen LogP contribution in [0.3, 0.4) is 0 Å². The molecule has 8 heteroatoms. The van der Waals surface area contributed by atoms with E-state index in [2.05, 4.69) is 5.73 Å². The molecule has 0 fully saturated rings. The van der Waals surface area contributed by atoms with Crippen LogP contribution in [0, 0.1) is 6.42 Å². The Hall–Kier alpha value is -1.48. The van der Waals surface area contributed by atoms with Gasteiger partial charge >= 0.3 is 0 Å². The van der Waals surface area contributed by atoms with Crippen molar-refractivity contribution in [3.05, 3.63) is 36.2 Å². The van der Waals surface area contributed by atoms with Crippen molar-refractivity contribution < 1.29 is 34.1 Å². The van der Waals surface area contributed by atoms with Crippen LogP contribution in [0.15, 0.2) is 29.8 Å². The topological polar surface area (TPSA) is 120 Å². The van der Waals surface area contributed by atoms with Crippen molar-refractivity contribution in [2.45, 2.75) is 20.8 Å². The molecular formula is C12H13FO6Pb-3. The summed E-state index contributed by atoms with van der Waals surface area (Å²) in [5.41, 5.74) is 2.69. The number of carboxylic acids is 3. The number of hydrogen-bond acceptors (Lipinski definition) is 6. The van der Waals surface area contributed by atoms with Crippen LogP contribution in [0.25, 0.3) is 0 Å². The standard InChI is InChI=1S/C6H4F.3C2H4O2.Pb/c7-6-4-2-1-3-5-6;3*1-2(3)4;/h2-5H;3*1H3,(H,3,4);/p-3. The third-order valence-electron chi connectivity index (χ3n) is 0.678. The zero-order valence-electron chi connectivity index (χ0n) is 11.1. The first kappa shape index (κ1) is 27.0. The fraction of sp³-hybridized carbons (Fsp3) is 0.250. The second-order valence-electron chi connectivity index (χ2n) is 2.69. The van der Waals surface area contributed by atoms with E-state index in [0.29, 0.717) is 0 Å². The molecule has 0 bridgehead atoms. The Kier molecular flexibility index (Phi) is 26.8. The first-order valence-electron chi connectivity index (χ1n) is 4.74. The predicted molar refractivity (Wildman–Crippen MR) is 63.9 cm³/mol. The number of allylic oxidation sites excluding steroid dienone is 3. The average Bonchev–Trinajstić information content (AvgIpc) is 2.15. The first-order valence-corrected chi connectivity index (χ1v) is 4.74. The number of hydrogen-bond donors (Lipinski definition) is 0. The van der Waals surface area contributed by atoms with Gasteiger partial charge in [-0.15, -0.1) is 5.73 Å². The molecule has 0 unspecified atom stereocenters. The van der Waals surface area contributed by atoms with Crippen molar-refractivity contribution in [1.29, 1.82) is 0 Å². The minimum Gasteiger partial charge on any atom is -0.550 e. The van der Waals surface area contributed by atoms with Crippen LogP contribution in [0.4, 0.5) is 4.39 Å². The van der Waals surface area contributed by atoms with Crippen LogP contribution in [-0.4, -0.2) is 45.2 Å². The summed E-state index contributed by atoms with van der Waals surface area (Å²) in [4.78, 5) is 26.7. The summed E-state index contributed by atoms with van der Waals surface area (Å²) >= 11 is 0. The number of rotatable bonds is 0. The molecule has 1 rings (SSSR count). The van der Waals surface area contributed by atoms with Crippen LogP contribution < -0.4 is 15.3 Å². The Morgan fingerprint density at radius 1 is 0.950 bits per heavy atom. The molecule has 6 nitrogen and oxygen atoms in total. The Labute approximate surface area is 136 Å². The smallest absolute Gasteiger partial charge is 0.109 e. The van der Waals surface area contributed by atoms with Crippen molar-refractivity contribution in [1.82, 2.24) is 0 Å². The second-order valence-corrected chi connectivity index (χ2v) is 2.69. The van der Waals surface area contributed by atoms with E-state index >= 15 is 0 Å². The van der Waals surface area contributed by atoms with Crippen LogP contribution in [-0.2, 0) is 14.4 Å². The van der Waals surface area contributed by atoms with Gasteiger partial charge in [-0.3, -0.25) is 0 Å². The molecule has 0 spiro atoms. The van der Waals surface area contributed by atoms with Crippen molar-refractivity contribution in [2.24, 2.45) is 0 Å². The third-order valence-corrected chi connectivity index (χ3v) is 0.678. The van der Waals surface area contributed by atoms with E-state index in [4.69, 9.17) is 29.7 Å². The van der Waals surface area contributed by atoms with Crippen LogP contribution in [0.2, 0.25) is 0 Å². The van der Waals surface area contributed by atoms with Crippen molar-refractivity contribution >= 4 is 45.2 Å². The number of carboxylic acid groups (broad SMARTS) is 3. The Balaban J connectivity index is -0.0000000881. The SMILES string of the molecule is CC(=O)[O-].CC(=O)[O-].CC(=O)[O-].FC1=CC=C=C[CH]1.[Pb]. The summed E-state index contributed by atoms with van der Waals surface area (Å²) in [5.74, 6) is -3.46. The normalized spacial score (nSPS) is 9.70. The molecule has 20 heavy (non-hydrogen) atoms. The number of aliphatic carboxylic acids is 3. The summed E-state index contributed by atoms with van der Waals surface area (Å²) in [6.45, 7) is 2.92. The van der Waals surface area contributed by atoms with Crippen molar-refractivity contribution in [2.75, 3.05) is 0 Å². The maximum Gasteiger partial charge on any atom is 0.109 e. The maximum atomic E-state index is 11.9. The molecule has 0 aromatic rings. The predicted octanol–water partition coefficient (Wildman–Crippen LogP) is -2.34. The van der Waals surface area contributed by atoms with E-state index < -0.39 is 17.9 Å². The van der Waals surface area contributed by atoms with Gasteiger partial charge < -0.3 is 29.7 Å². The maximum absolute atomic E-state index is 11.9. The van der Waals surface area contributed by atoms with Gasteiger partial charge in [-0.2, -0.15) is 0 Å². The van der Waals surface area contributed by atoms with Gasteiger partial charge in [-0.25, -0.2) is 4.39 Å². The van der Waals surface area contributed by atoms with Gasteiger partial charge in [0.25, 0.3) is 0 Å². The zero-order chi connectivity index (χ0) is 15.8. The van der Waals surface area contributed by atoms with Crippen LogP contribution in [0.5, 0.6) is 0 Å². The summed E-state index contributed by atoms with van der Waals surface area (Å²) in [5, 5.41) is 26.7. The molecule has 0 heterocycles. The Bertz CT molecular complexity index is 343. The van der Waals surface area contributed by atoms with Crippen LogP contribution >= 0.6 is 0 Å².